The Labute approximate surface area is 66.5 Å². The topological polar surface area (TPSA) is 26.3 Å². The van der Waals surface area contributed by atoms with Crippen LogP contribution in [0.5, 0.6) is 0 Å². The van der Waals surface area contributed by atoms with Crippen LogP contribution in [-0.2, 0) is 9.53 Å². The third kappa shape index (κ3) is 5.89. The number of esters is 1. The summed E-state index contributed by atoms with van der Waals surface area (Å²) in [5.74, 6) is 0.837. The standard InChI is InChI=1S/C7H13ClO2/c1-6(5-8)3-4-10-7(2)9/h6H,3-5H2,1-2H3. The van der Waals surface area contributed by atoms with Crippen LogP contribution in [-0.4, -0.2) is 18.5 Å². The minimum atomic E-state index is -0.221. The van der Waals surface area contributed by atoms with E-state index in [2.05, 4.69) is 0 Å². The van der Waals surface area contributed by atoms with E-state index >= 15 is 0 Å². The molecule has 1 atom stereocenters. The van der Waals surface area contributed by atoms with Gasteiger partial charge in [0, 0.05) is 12.8 Å². The average molecular weight is 165 g/mol. The van der Waals surface area contributed by atoms with Crippen molar-refractivity contribution < 1.29 is 9.53 Å². The number of ether oxygens (including phenoxy) is 1. The molecule has 0 N–H and O–H groups in total. The van der Waals surface area contributed by atoms with Crippen LogP contribution < -0.4 is 0 Å². The number of hydrogen-bond donors (Lipinski definition) is 0. The van der Waals surface area contributed by atoms with Gasteiger partial charge in [-0.15, -0.1) is 11.6 Å². The molecular formula is C7H13ClO2. The second-order valence-electron chi connectivity index (χ2n) is 2.39. The van der Waals surface area contributed by atoms with Gasteiger partial charge in [0.1, 0.15) is 0 Å². The monoisotopic (exact) mass is 164 g/mol. The molecule has 60 valence electrons. The van der Waals surface area contributed by atoms with Crippen LogP contribution in [0.1, 0.15) is 20.3 Å². The minimum absolute atomic E-state index is 0.221. The van der Waals surface area contributed by atoms with Gasteiger partial charge in [-0.1, -0.05) is 6.92 Å². The molecule has 0 aliphatic carbocycles. The first-order valence-electron chi connectivity index (χ1n) is 3.36. The quantitative estimate of drug-likeness (QED) is 0.468. The van der Waals surface area contributed by atoms with Crippen molar-refractivity contribution in [1.29, 1.82) is 0 Å². The zero-order valence-electron chi connectivity index (χ0n) is 6.39. The van der Waals surface area contributed by atoms with E-state index in [0.717, 1.165) is 6.42 Å². The van der Waals surface area contributed by atoms with Crippen LogP contribution in [0.25, 0.3) is 0 Å². The van der Waals surface area contributed by atoms with E-state index in [9.17, 15) is 4.79 Å². The lowest BCUT2D eigenvalue weighted by Crippen LogP contribution is -2.05. The van der Waals surface area contributed by atoms with Gasteiger partial charge in [0.15, 0.2) is 0 Å². The first-order chi connectivity index (χ1) is 4.66. The molecule has 0 saturated carbocycles. The molecule has 10 heavy (non-hydrogen) atoms. The van der Waals surface area contributed by atoms with Gasteiger partial charge in [-0.05, 0) is 12.3 Å². The molecule has 0 saturated heterocycles. The second kappa shape index (κ2) is 5.54. The van der Waals surface area contributed by atoms with Crippen LogP contribution >= 0.6 is 11.6 Å². The summed E-state index contributed by atoms with van der Waals surface area (Å²) in [6, 6.07) is 0. The molecule has 0 rings (SSSR count). The molecule has 0 aliphatic heterocycles. The predicted octanol–water partition coefficient (Wildman–Crippen LogP) is 1.81. The Morgan fingerprint density at radius 2 is 2.30 bits per heavy atom. The molecule has 0 fully saturated rings. The molecule has 0 bridgehead atoms. The first kappa shape index (κ1) is 9.76. The fourth-order valence-electron chi connectivity index (χ4n) is 0.481. The van der Waals surface area contributed by atoms with Crippen LogP contribution in [0.4, 0.5) is 0 Å². The summed E-state index contributed by atoms with van der Waals surface area (Å²) < 4.78 is 4.72. The van der Waals surface area contributed by atoms with Crippen molar-refractivity contribution in [2.75, 3.05) is 12.5 Å². The number of carbonyl (C=O) groups is 1. The van der Waals surface area contributed by atoms with E-state index in [0.29, 0.717) is 18.4 Å². The number of carbonyl (C=O) groups excluding carboxylic acids is 1. The van der Waals surface area contributed by atoms with E-state index in [-0.39, 0.29) is 5.97 Å². The van der Waals surface area contributed by atoms with Gasteiger partial charge >= 0.3 is 5.97 Å². The van der Waals surface area contributed by atoms with Gasteiger partial charge in [-0.2, -0.15) is 0 Å². The lowest BCUT2D eigenvalue weighted by Gasteiger charge is -2.05. The SMILES string of the molecule is CC(=O)OCCC(C)CCl. The van der Waals surface area contributed by atoms with Crippen molar-refractivity contribution in [2.24, 2.45) is 5.92 Å². The summed E-state index contributed by atoms with van der Waals surface area (Å²) in [5, 5.41) is 0. The average Bonchev–Trinajstić information content (AvgIpc) is 1.87. The Balaban J connectivity index is 3.11. The van der Waals surface area contributed by atoms with E-state index in [1.54, 1.807) is 0 Å². The van der Waals surface area contributed by atoms with Crippen molar-refractivity contribution in [3.8, 4) is 0 Å². The highest BCUT2D eigenvalue weighted by Gasteiger charge is 2.00. The van der Waals surface area contributed by atoms with Crippen molar-refractivity contribution in [2.45, 2.75) is 20.3 Å². The highest BCUT2D eigenvalue weighted by atomic mass is 35.5. The van der Waals surface area contributed by atoms with E-state index in [4.69, 9.17) is 16.3 Å². The Hall–Kier alpha value is -0.240. The molecule has 2 nitrogen and oxygen atoms in total. The lowest BCUT2D eigenvalue weighted by molar-refractivity contribution is -0.141. The van der Waals surface area contributed by atoms with Gasteiger partial charge in [-0.3, -0.25) is 4.79 Å². The van der Waals surface area contributed by atoms with Crippen molar-refractivity contribution in [3.05, 3.63) is 0 Å². The summed E-state index contributed by atoms with van der Waals surface area (Å²) in [6.45, 7) is 3.92. The van der Waals surface area contributed by atoms with Gasteiger partial charge < -0.3 is 4.74 Å². The maximum atomic E-state index is 10.3. The maximum absolute atomic E-state index is 10.3. The summed E-state index contributed by atoms with van der Waals surface area (Å²) in [7, 11) is 0. The molecule has 0 amide bonds. The molecule has 0 aromatic heterocycles. The van der Waals surface area contributed by atoms with Crippen LogP contribution in [0.15, 0.2) is 0 Å². The molecule has 0 aliphatic rings. The number of halogens is 1. The molecular weight excluding hydrogens is 152 g/mol. The molecule has 0 aromatic carbocycles. The minimum Gasteiger partial charge on any atom is -0.466 e. The number of alkyl halides is 1. The molecule has 0 spiro atoms. The maximum Gasteiger partial charge on any atom is 0.302 e. The Kier molecular flexibility index (Phi) is 5.40. The first-order valence-corrected chi connectivity index (χ1v) is 3.89. The van der Waals surface area contributed by atoms with Crippen LogP contribution in [0.3, 0.4) is 0 Å². The Morgan fingerprint density at radius 1 is 1.70 bits per heavy atom. The second-order valence-corrected chi connectivity index (χ2v) is 2.70. The Morgan fingerprint density at radius 3 is 2.70 bits per heavy atom. The van der Waals surface area contributed by atoms with Gasteiger partial charge in [0.25, 0.3) is 0 Å². The Bertz CT molecular complexity index is 104. The highest BCUT2D eigenvalue weighted by Crippen LogP contribution is 2.03. The van der Waals surface area contributed by atoms with Gasteiger partial charge in [0.05, 0.1) is 6.61 Å². The third-order valence-corrected chi connectivity index (χ3v) is 1.71. The molecule has 0 heterocycles. The lowest BCUT2D eigenvalue weighted by atomic mass is 10.1. The van der Waals surface area contributed by atoms with E-state index in [1.165, 1.54) is 6.92 Å². The molecule has 0 radical (unpaired) electrons. The largest absolute Gasteiger partial charge is 0.466 e. The normalized spacial score (nSPS) is 12.7. The molecule has 1 unspecified atom stereocenters. The summed E-state index contributed by atoms with van der Waals surface area (Å²) in [4.78, 5) is 10.3. The fraction of sp³-hybridized carbons (Fsp3) is 0.857. The summed E-state index contributed by atoms with van der Waals surface area (Å²) in [6.07, 6.45) is 0.850. The molecule has 3 heteroatoms. The van der Waals surface area contributed by atoms with Gasteiger partial charge in [0.2, 0.25) is 0 Å². The van der Waals surface area contributed by atoms with E-state index < -0.39 is 0 Å². The smallest absolute Gasteiger partial charge is 0.302 e. The summed E-state index contributed by atoms with van der Waals surface area (Å²) >= 11 is 5.53. The molecule has 0 aromatic rings. The highest BCUT2D eigenvalue weighted by molar-refractivity contribution is 6.18. The van der Waals surface area contributed by atoms with Crippen LogP contribution in [0, 0.1) is 5.92 Å². The van der Waals surface area contributed by atoms with Crippen molar-refractivity contribution >= 4 is 17.6 Å². The number of rotatable bonds is 4. The zero-order chi connectivity index (χ0) is 7.98. The summed E-state index contributed by atoms with van der Waals surface area (Å²) in [5.41, 5.74) is 0. The van der Waals surface area contributed by atoms with Gasteiger partial charge in [-0.25, -0.2) is 0 Å². The van der Waals surface area contributed by atoms with E-state index in [1.807, 2.05) is 6.92 Å². The number of hydrogen-bond acceptors (Lipinski definition) is 2. The third-order valence-electron chi connectivity index (χ3n) is 1.18. The van der Waals surface area contributed by atoms with Crippen LogP contribution in [0.2, 0.25) is 0 Å². The van der Waals surface area contributed by atoms with Crippen molar-refractivity contribution in [3.63, 3.8) is 0 Å². The predicted molar refractivity (Wildman–Crippen MR) is 41.1 cm³/mol. The fourth-order valence-corrected chi connectivity index (χ4v) is 0.635. The van der Waals surface area contributed by atoms with Crippen molar-refractivity contribution in [1.82, 2.24) is 0 Å². The zero-order valence-corrected chi connectivity index (χ0v) is 7.15.